The van der Waals surface area contributed by atoms with Gasteiger partial charge in [-0.25, -0.2) is 4.39 Å². The molecule has 0 aliphatic rings. The summed E-state index contributed by atoms with van der Waals surface area (Å²) in [6.45, 7) is -0.648. The number of rotatable bonds is 4. The molecule has 0 aromatic heterocycles. The van der Waals surface area contributed by atoms with Crippen molar-refractivity contribution >= 4 is 5.78 Å². The highest BCUT2D eigenvalue weighted by Gasteiger charge is 2.27. The normalized spacial score (nSPS) is 11.6. The second kappa shape index (κ2) is 5.27. The van der Waals surface area contributed by atoms with E-state index < -0.39 is 31.0 Å². The van der Waals surface area contributed by atoms with Gasteiger partial charge in [-0.05, 0) is 30.7 Å². The number of ketones is 1. The van der Waals surface area contributed by atoms with E-state index in [-0.39, 0.29) is 5.56 Å². The number of carbonyl (C=O) groups is 1. The molecule has 0 heterocycles. The van der Waals surface area contributed by atoms with Crippen LogP contribution in [0.15, 0.2) is 18.2 Å². The molecule has 2 nitrogen and oxygen atoms in total. The van der Waals surface area contributed by atoms with Crippen LogP contribution in [0.2, 0.25) is 0 Å². The smallest absolute Gasteiger partial charge is 0.364 e. The molecule has 0 amide bonds. The molecule has 0 saturated carbocycles. The minimum atomic E-state index is -4.46. The van der Waals surface area contributed by atoms with Crippen molar-refractivity contribution in [1.29, 1.82) is 0 Å². The SMILES string of the molecule is Cc1cc(F)ccc1C(=O)COCC(F)(F)F. The van der Waals surface area contributed by atoms with E-state index in [1.165, 1.54) is 13.0 Å². The van der Waals surface area contributed by atoms with Gasteiger partial charge in [0.15, 0.2) is 5.78 Å². The molecule has 0 aliphatic heterocycles. The van der Waals surface area contributed by atoms with Crippen LogP contribution >= 0.6 is 0 Å². The number of alkyl halides is 3. The molecule has 0 saturated heterocycles. The lowest BCUT2D eigenvalue weighted by molar-refractivity contribution is -0.170. The first-order chi connectivity index (χ1) is 7.79. The van der Waals surface area contributed by atoms with Crippen LogP contribution in [-0.2, 0) is 4.74 Å². The maximum atomic E-state index is 12.7. The molecule has 1 aromatic carbocycles. The molecule has 0 spiro atoms. The van der Waals surface area contributed by atoms with Crippen molar-refractivity contribution in [3.63, 3.8) is 0 Å². The number of benzene rings is 1. The van der Waals surface area contributed by atoms with Crippen molar-refractivity contribution in [3.8, 4) is 0 Å². The molecule has 6 heteroatoms. The molecule has 0 bridgehead atoms. The van der Waals surface area contributed by atoms with Crippen LogP contribution in [0.1, 0.15) is 15.9 Å². The highest BCUT2D eigenvalue weighted by molar-refractivity contribution is 5.98. The molecule has 0 atom stereocenters. The van der Waals surface area contributed by atoms with Crippen molar-refractivity contribution in [1.82, 2.24) is 0 Å². The van der Waals surface area contributed by atoms with E-state index in [1.807, 2.05) is 0 Å². The van der Waals surface area contributed by atoms with E-state index in [0.717, 1.165) is 12.1 Å². The van der Waals surface area contributed by atoms with Gasteiger partial charge in [0.25, 0.3) is 0 Å². The van der Waals surface area contributed by atoms with E-state index in [2.05, 4.69) is 4.74 Å². The van der Waals surface area contributed by atoms with Gasteiger partial charge in [0, 0.05) is 5.56 Å². The quantitative estimate of drug-likeness (QED) is 0.606. The Labute approximate surface area is 95.2 Å². The van der Waals surface area contributed by atoms with Crippen LogP contribution in [0.5, 0.6) is 0 Å². The van der Waals surface area contributed by atoms with Gasteiger partial charge in [-0.15, -0.1) is 0 Å². The summed E-state index contributed by atoms with van der Waals surface area (Å²) in [7, 11) is 0. The third kappa shape index (κ3) is 4.52. The van der Waals surface area contributed by atoms with Crippen LogP contribution < -0.4 is 0 Å². The van der Waals surface area contributed by atoms with Gasteiger partial charge in [0.2, 0.25) is 0 Å². The van der Waals surface area contributed by atoms with Crippen LogP contribution in [0.4, 0.5) is 17.6 Å². The first kappa shape index (κ1) is 13.6. The lowest BCUT2D eigenvalue weighted by atomic mass is 10.1. The second-order valence-electron chi connectivity index (χ2n) is 3.49. The Morgan fingerprint density at radius 2 is 2.00 bits per heavy atom. The molecule has 0 aliphatic carbocycles. The van der Waals surface area contributed by atoms with Gasteiger partial charge in [0.05, 0.1) is 0 Å². The summed E-state index contributed by atoms with van der Waals surface area (Å²) in [6.07, 6.45) is -4.46. The predicted molar refractivity (Wildman–Crippen MR) is 52.3 cm³/mol. The number of Topliss-reactive ketones (excluding diaryl/α,β-unsaturated/α-hetero) is 1. The first-order valence-electron chi connectivity index (χ1n) is 4.73. The maximum absolute atomic E-state index is 12.7. The second-order valence-corrected chi connectivity index (χ2v) is 3.49. The number of halogens is 4. The summed E-state index contributed by atoms with van der Waals surface area (Å²) >= 11 is 0. The number of aryl methyl sites for hydroxylation is 1. The van der Waals surface area contributed by atoms with Crippen molar-refractivity contribution < 1.29 is 27.1 Å². The fraction of sp³-hybridized carbons (Fsp3) is 0.364. The van der Waals surface area contributed by atoms with Crippen molar-refractivity contribution in [2.24, 2.45) is 0 Å². The summed E-state index contributed by atoms with van der Waals surface area (Å²) in [5.41, 5.74) is 0.527. The van der Waals surface area contributed by atoms with Crippen LogP contribution in [-0.4, -0.2) is 25.2 Å². The minimum absolute atomic E-state index is 0.161. The Kier molecular flexibility index (Phi) is 4.22. The van der Waals surface area contributed by atoms with E-state index >= 15 is 0 Å². The lowest BCUT2D eigenvalue weighted by Crippen LogP contribution is -2.20. The van der Waals surface area contributed by atoms with Crippen LogP contribution in [0.25, 0.3) is 0 Å². The molecule has 0 unspecified atom stereocenters. The summed E-state index contributed by atoms with van der Waals surface area (Å²) in [4.78, 5) is 11.4. The molecule has 1 rings (SSSR count). The monoisotopic (exact) mass is 250 g/mol. The molecule has 94 valence electrons. The maximum Gasteiger partial charge on any atom is 0.411 e. The standard InChI is InChI=1S/C11H10F4O2/c1-7-4-8(12)2-3-9(7)10(16)5-17-6-11(13,14)15/h2-4H,5-6H2,1H3. The Morgan fingerprint density at radius 1 is 1.35 bits per heavy atom. The zero-order valence-electron chi connectivity index (χ0n) is 8.97. The van der Waals surface area contributed by atoms with Crippen molar-refractivity contribution in [2.45, 2.75) is 13.1 Å². The largest absolute Gasteiger partial charge is 0.411 e. The number of carbonyl (C=O) groups excluding carboxylic acids is 1. The molecule has 0 N–H and O–H groups in total. The number of hydrogen-bond acceptors (Lipinski definition) is 2. The first-order valence-corrected chi connectivity index (χ1v) is 4.73. The molecule has 0 radical (unpaired) electrons. The highest BCUT2D eigenvalue weighted by Crippen LogP contribution is 2.15. The van der Waals surface area contributed by atoms with E-state index in [1.54, 1.807) is 0 Å². The van der Waals surface area contributed by atoms with Gasteiger partial charge < -0.3 is 4.74 Å². The molecule has 1 aromatic rings. The predicted octanol–water partition coefficient (Wildman–Crippen LogP) is 2.90. The van der Waals surface area contributed by atoms with Crippen molar-refractivity contribution in [3.05, 3.63) is 35.1 Å². The summed E-state index contributed by atoms with van der Waals surface area (Å²) in [5.74, 6) is -1.11. The zero-order chi connectivity index (χ0) is 13.1. The highest BCUT2D eigenvalue weighted by atomic mass is 19.4. The van der Waals surface area contributed by atoms with Crippen molar-refractivity contribution in [2.75, 3.05) is 13.2 Å². The fourth-order valence-electron chi connectivity index (χ4n) is 1.28. The Balaban J connectivity index is 2.59. The summed E-state index contributed by atoms with van der Waals surface area (Å²) in [5, 5.41) is 0. The number of hydrogen-bond donors (Lipinski definition) is 0. The molecule has 0 fully saturated rings. The third-order valence-corrected chi connectivity index (χ3v) is 1.99. The van der Waals surface area contributed by atoms with Crippen LogP contribution in [0, 0.1) is 12.7 Å². The number of ether oxygens (including phenoxy) is 1. The minimum Gasteiger partial charge on any atom is -0.364 e. The van der Waals surface area contributed by atoms with Gasteiger partial charge in [0.1, 0.15) is 19.0 Å². The fourth-order valence-corrected chi connectivity index (χ4v) is 1.28. The topological polar surface area (TPSA) is 26.3 Å². The van der Waals surface area contributed by atoms with Gasteiger partial charge in [-0.2, -0.15) is 13.2 Å². The summed E-state index contributed by atoms with van der Waals surface area (Å²) < 4.78 is 52.2. The Bertz CT molecular complexity index is 412. The molecule has 17 heavy (non-hydrogen) atoms. The third-order valence-electron chi connectivity index (χ3n) is 1.99. The van der Waals surface area contributed by atoms with Crippen LogP contribution in [0.3, 0.4) is 0 Å². The van der Waals surface area contributed by atoms with E-state index in [0.29, 0.717) is 5.56 Å². The zero-order valence-corrected chi connectivity index (χ0v) is 8.97. The molecular weight excluding hydrogens is 240 g/mol. The lowest BCUT2D eigenvalue weighted by Gasteiger charge is -2.08. The van der Waals surface area contributed by atoms with Gasteiger partial charge in [-0.3, -0.25) is 4.79 Å². The van der Waals surface area contributed by atoms with E-state index in [4.69, 9.17) is 0 Å². The Hall–Kier alpha value is -1.43. The molecular formula is C11H10F4O2. The average molecular weight is 250 g/mol. The summed E-state index contributed by atoms with van der Waals surface area (Å²) in [6, 6.07) is 3.44. The van der Waals surface area contributed by atoms with Gasteiger partial charge >= 0.3 is 6.18 Å². The Morgan fingerprint density at radius 3 is 2.53 bits per heavy atom. The van der Waals surface area contributed by atoms with E-state index in [9.17, 15) is 22.4 Å². The van der Waals surface area contributed by atoms with Gasteiger partial charge in [-0.1, -0.05) is 0 Å². The average Bonchev–Trinajstić information content (AvgIpc) is 2.15.